The number of carbonyl (C=O) groups is 2. The standard InChI is InChI=1S/C27H23F14NO6/c1-2-46-19(20(43)44)13-15-7-9-16(10-8-15)47-12-11-42(21(45)48-18-6-4-3-5-17(18)28)14-22(29,30)23(31,32)24(33,34)25(35,36)26(37,38)27(39,40)41/h3-10,19H,2,11-14H2,1H3,(H,43,44). The molecule has 0 heterocycles. The second-order valence-electron chi connectivity index (χ2n) is 9.70. The number of hydrogen-bond donors (Lipinski definition) is 1. The maximum atomic E-state index is 14.6. The number of benzene rings is 2. The molecule has 0 radical (unpaired) electrons. The summed E-state index contributed by atoms with van der Waals surface area (Å²) in [4.78, 5) is 23.2. The number of carboxylic acids is 1. The highest BCUT2D eigenvalue weighted by atomic mass is 19.4. The Morgan fingerprint density at radius 2 is 1.33 bits per heavy atom. The Labute approximate surface area is 260 Å². The quantitative estimate of drug-likeness (QED) is 0.181. The number of nitrogens with zero attached hydrogens (tertiary/aromatic N) is 1. The molecule has 0 fully saturated rings. The van der Waals surface area contributed by atoms with Gasteiger partial charge in [-0.2, -0.15) is 57.1 Å². The molecule has 0 aliphatic heterocycles. The SMILES string of the molecule is CCOC(Cc1ccc(OCCN(CC(F)(F)C(F)(F)C(F)(F)C(F)(F)C(F)(F)C(F)(F)F)C(=O)Oc2ccccc2F)cc1)C(=O)O. The van der Waals surface area contributed by atoms with Crippen molar-refractivity contribution in [2.75, 3.05) is 26.3 Å². The monoisotopic (exact) mass is 723 g/mol. The fraction of sp³-hybridized carbons (Fsp3) is 0.481. The van der Waals surface area contributed by atoms with Crippen LogP contribution in [0.2, 0.25) is 0 Å². The summed E-state index contributed by atoms with van der Waals surface area (Å²) in [5.41, 5.74) is 0.369. The van der Waals surface area contributed by atoms with Crippen LogP contribution < -0.4 is 9.47 Å². The summed E-state index contributed by atoms with van der Waals surface area (Å²) in [5, 5.41) is 9.15. The van der Waals surface area contributed by atoms with Gasteiger partial charge in [0, 0.05) is 13.0 Å². The molecule has 270 valence electrons. The molecular formula is C27H23F14NO6. The minimum absolute atomic E-state index is 0.0547. The van der Waals surface area contributed by atoms with Gasteiger partial charge in [0.25, 0.3) is 0 Å². The number of hydrogen-bond acceptors (Lipinski definition) is 5. The van der Waals surface area contributed by atoms with Crippen LogP contribution in [0.25, 0.3) is 0 Å². The predicted molar refractivity (Wildman–Crippen MR) is 133 cm³/mol. The first-order valence-corrected chi connectivity index (χ1v) is 13.1. The van der Waals surface area contributed by atoms with E-state index in [1.165, 1.54) is 19.1 Å². The molecule has 0 saturated carbocycles. The summed E-state index contributed by atoms with van der Waals surface area (Å²) >= 11 is 0. The van der Waals surface area contributed by atoms with Crippen molar-refractivity contribution in [2.24, 2.45) is 0 Å². The highest BCUT2D eigenvalue weighted by Crippen LogP contribution is 2.60. The first-order chi connectivity index (χ1) is 21.8. The molecule has 0 saturated heterocycles. The highest BCUT2D eigenvalue weighted by molar-refractivity contribution is 5.72. The lowest BCUT2D eigenvalue weighted by atomic mass is 9.93. The third-order valence-corrected chi connectivity index (χ3v) is 6.30. The number of amides is 1. The fourth-order valence-corrected chi connectivity index (χ4v) is 3.69. The Morgan fingerprint density at radius 1 is 0.792 bits per heavy atom. The molecule has 0 spiro atoms. The number of alkyl halides is 13. The zero-order valence-corrected chi connectivity index (χ0v) is 24.0. The van der Waals surface area contributed by atoms with Gasteiger partial charge >= 0.3 is 47.9 Å². The summed E-state index contributed by atoms with van der Waals surface area (Å²) in [6, 6.07) is 8.31. The van der Waals surface area contributed by atoms with Crippen LogP contribution in [-0.4, -0.2) is 90.3 Å². The molecule has 48 heavy (non-hydrogen) atoms. The molecule has 0 aromatic heterocycles. The van der Waals surface area contributed by atoms with E-state index < -0.39 is 90.1 Å². The van der Waals surface area contributed by atoms with Gasteiger partial charge in [0.05, 0.1) is 13.1 Å². The van der Waals surface area contributed by atoms with Gasteiger partial charge in [-0.1, -0.05) is 24.3 Å². The van der Waals surface area contributed by atoms with Crippen LogP contribution in [0.3, 0.4) is 0 Å². The number of aliphatic carboxylic acids is 1. The summed E-state index contributed by atoms with van der Waals surface area (Å²) in [6.45, 7) is -3.87. The lowest BCUT2D eigenvalue weighted by Gasteiger charge is -2.40. The van der Waals surface area contributed by atoms with Crippen molar-refractivity contribution < 1.29 is 90.4 Å². The van der Waals surface area contributed by atoms with Crippen molar-refractivity contribution in [2.45, 2.75) is 55.2 Å². The maximum absolute atomic E-state index is 14.6. The molecule has 1 unspecified atom stereocenters. The summed E-state index contributed by atoms with van der Waals surface area (Å²) in [7, 11) is 0. The smallest absolute Gasteiger partial charge is 0.460 e. The van der Waals surface area contributed by atoms with Gasteiger partial charge in [0.1, 0.15) is 12.4 Å². The van der Waals surface area contributed by atoms with E-state index >= 15 is 0 Å². The zero-order chi connectivity index (χ0) is 36.9. The van der Waals surface area contributed by atoms with Gasteiger partial charge in [-0.25, -0.2) is 14.0 Å². The molecule has 21 heteroatoms. The average Bonchev–Trinajstić information content (AvgIpc) is 2.97. The molecule has 1 atom stereocenters. The summed E-state index contributed by atoms with van der Waals surface area (Å²) in [6.07, 6.45) is -11.2. The van der Waals surface area contributed by atoms with Crippen LogP contribution in [0.4, 0.5) is 66.3 Å². The molecule has 2 rings (SSSR count). The van der Waals surface area contributed by atoms with Gasteiger partial charge < -0.3 is 19.3 Å². The van der Waals surface area contributed by atoms with Crippen LogP contribution in [0, 0.1) is 5.82 Å². The van der Waals surface area contributed by atoms with E-state index in [9.17, 15) is 71.1 Å². The number of para-hydroxylation sites is 1. The second kappa shape index (κ2) is 14.6. The van der Waals surface area contributed by atoms with E-state index in [1.54, 1.807) is 0 Å². The lowest BCUT2D eigenvalue weighted by molar-refractivity contribution is -0.440. The minimum Gasteiger partial charge on any atom is -0.492 e. The predicted octanol–water partition coefficient (Wildman–Crippen LogP) is 7.48. The average molecular weight is 723 g/mol. The fourth-order valence-electron chi connectivity index (χ4n) is 3.69. The first kappa shape index (κ1) is 40.1. The van der Waals surface area contributed by atoms with Crippen molar-refractivity contribution in [3.05, 3.63) is 59.9 Å². The topological polar surface area (TPSA) is 85.3 Å². The second-order valence-corrected chi connectivity index (χ2v) is 9.70. The molecule has 0 aliphatic carbocycles. The zero-order valence-electron chi connectivity index (χ0n) is 24.0. The largest absolute Gasteiger partial charge is 0.492 e. The van der Waals surface area contributed by atoms with Crippen LogP contribution in [0.1, 0.15) is 12.5 Å². The number of carboxylic acid groups (broad SMARTS) is 1. The molecule has 1 amide bonds. The summed E-state index contributed by atoms with van der Waals surface area (Å²) < 4.78 is 205. The van der Waals surface area contributed by atoms with Gasteiger partial charge in [-0.05, 0) is 36.8 Å². The van der Waals surface area contributed by atoms with Crippen LogP contribution >= 0.6 is 0 Å². The maximum Gasteiger partial charge on any atom is 0.460 e. The van der Waals surface area contributed by atoms with E-state index in [4.69, 9.17) is 14.6 Å². The summed E-state index contributed by atoms with van der Waals surface area (Å²) in [5.74, 6) is -42.4. The van der Waals surface area contributed by atoms with Crippen molar-refractivity contribution in [1.29, 1.82) is 0 Å². The van der Waals surface area contributed by atoms with E-state index in [1.807, 2.05) is 0 Å². The minimum atomic E-state index is -8.15. The molecular weight excluding hydrogens is 700 g/mol. The highest BCUT2D eigenvalue weighted by Gasteiger charge is 2.90. The molecule has 1 N–H and O–H groups in total. The Kier molecular flexibility index (Phi) is 12.2. The van der Waals surface area contributed by atoms with Crippen molar-refractivity contribution in [1.82, 2.24) is 4.90 Å². The molecule has 7 nitrogen and oxygen atoms in total. The Hall–Kier alpha value is -4.04. The van der Waals surface area contributed by atoms with Gasteiger partial charge in [-0.3, -0.25) is 4.90 Å². The van der Waals surface area contributed by atoms with Gasteiger partial charge in [0.2, 0.25) is 0 Å². The van der Waals surface area contributed by atoms with Crippen molar-refractivity contribution >= 4 is 12.1 Å². The Bertz CT molecular complexity index is 1400. The first-order valence-electron chi connectivity index (χ1n) is 13.1. The normalized spacial score (nSPS) is 14.0. The van der Waals surface area contributed by atoms with Gasteiger partial charge in [0.15, 0.2) is 17.7 Å². The Balaban J connectivity index is 2.35. The van der Waals surface area contributed by atoms with Crippen LogP contribution in [0.15, 0.2) is 48.5 Å². The number of rotatable bonds is 16. The lowest BCUT2D eigenvalue weighted by Crippen LogP contribution is -2.71. The molecule has 0 bridgehead atoms. The van der Waals surface area contributed by atoms with E-state index in [2.05, 4.69) is 4.74 Å². The third-order valence-electron chi connectivity index (χ3n) is 6.30. The third kappa shape index (κ3) is 8.32. The van der Waals surface area contributed by atoms with E-state index in [0.717, 1.165) is 24.3 Å². The molecule has 2 aromatic carbocycles. The number of ether oxygens (including phenoxy) is 3. The molecule has 0 aliphatic rings. The van der Waals surface area contributed by atoms with Crippen LogP contribution in [-0.2, 0) is 16.0 Å². The Morgan fingerprint density at radius 3 is 1.83 bits per heavy atom. The van der Waals surface area contributed by atoms with E-state index in [0.29, 0.717) is 17.7 Å². The van der Waals surface area contributed by atoms with E-state index in [-0.39, 0.29) is 18.8 Å². The number of carbonyl (C=O) groups excluding carboxylic acids is 1. The van der Waals surface area contributed by atoms with Crippen LogP contribution in [0.5, 0.6) is 11.5 Å². The number of halogens is 14. The van der Waals surface area contributed by atoms with Crippen molar-refractivity contribution in [3.63, 3.8) is 0 Å². The molecule has 2 aromatic rings. The van der Waals surface area contributed by atoms with Gasteiger partial charge in [-0.15, -0.1) is 0 Å². The van der Waals surface area contributed by atoms with Crippen molar-refractivity contribution in [3.8, 4) is 11.5 Å².